The van der Waals surface area contributed by atoms with Crippen LogP contribution in [-0.2, 0) is 7.05 Å². The van der Waals surface area contributed by atoms with Crippen LogP contribution < -0.4 is 0 Å². The first-order valence-corrected chi connectivity index (χ1v) is 6.05. The molecule has 1 heterocycles. The number of rotatable bonds is 1. The van der Waals surface area contributed by atoms with Crippen molar-refractivity contribution >= 4 is 23.5 Å². The van der Waals surface area contributed by atoms with Gasteiger partial charge in [0.05, 0.1) is 5.03 Å². The fraction of sp³-hybridized carbons (Fsp3) is 0.0667. The van der Waals surface area contributed by atoms with Gasteiger partial charge in [-0.3, -0.25) is 0 Å². The smallest absolute Gasteiger partial charge is 0.0805 e. The maximum absolute atomic E-state index is 4.64. The molecule has 84 valence electrons. The molecule has 0 radical (unpaired) electrons. The van der Waals surface area contributed by atoms with Crippen LogP contribution in [-0.4, -0.2) is 4.57 Å². The zero-order chi connectivity index (χ0) is 11.8. The topological polar surface area (TPSA) is 4.93 Å². The van der Waals surface area contributed by atoms with Crippen molar-refractivity contribution in [3.8, 4) is 11.1 Å². The highest BCUT2D eigenvalue weighted by Crippen LogP contribution is 2.35. The summed E-state index contributed by atoms with van der Waals surface area (Å²) in [4.78, 5) is 0. The Morgan fingerprint density at radius 2 is 1.53 bits per heavy atom. The first kappa shape index (κ1) is 10.5. The summed E-state index contributed by atoms with van der Waals surface area (Å²) in [6, 6.07) is 18.8. The molecule has 1 nitrogen and oxygen atoms in total. The Balaban J connectivity index is 2.41. The molecule has 17 heavy (non-hydrogen) atoms. The molecule has 2 aromatic carbocycles. The number of benzene rings is 2. The van der Waals surface area contributed by atoms with Crippen molar-refractivity contribution in [3.05, 3.63) is 54.6 Å². The number of nitrogens with zero attached hydrogens (tertiary/aromatic N) is 1. The number of thiol groups is 1. The molecule has 0 spiro atoms. The third kappa shape index (κ3) is 1.56. The molecule has 3 aromatic rings. The third-order valence-electron chi connectivity index (χ3n) is 3.14. The highest BCUT2D eigenvalue weighted by atomic mass is 32.1. The number of aryl methyl sites for hydroxylation is 1. The van der Waals surface area contributed by atoms with E-state index in [1.54, 1.807) is 0 Å². The van der Waals surface area contributed by atoms with Crippen LogP contribution >= 0.6 is 12.6 Å². The Hall–Kier alpha value is -1.67. The second-order valence-corrected chi connectivity index (χ2v) is 4.56. The van der Waals surface area contributed by atoms with Gasteiger partial charge in [0.25, 0.3) is 0 Å². The Morgan fingerprint density at radius 1 is 0.882 bits per heavy atom. The predicted molar refractivity (Wildman–Crippen MR) is 75.6 cm³/mol. The van der Waals surface area contributed by atoms with Crippen LogP contribution in [0.2, 0.25) is 0 Å². The predicted octanol–water partition coefficient (Wildman–Crippen LogP) is 4.13. The number of hydrogen-bond acceptors (Lipinski definition) is 1. The Labute approximate surface area is 106 Å². The summed E-state index contributed by atoms with van der Waals surface area (Å²) in [6.07, 6.45) is 0. The van der Waals surface area contributed by atoms with Crippen LogP contribution in [0, 0.1) is 0 Å². The number of hydrogen-bond donors (Lipinski definition) is 1. The fourth-order valence-corrected chi connectivity index (χ4v) is 2.63. The normalized spacial score (nSPS) is 10.9. The Kier molecular flexibility index (Phi) is 2.45. The molecule has 0 saturated carbocycles. The minimum Gasteiger partial charge on any atom is -0.339 e. The molecule has 0 aliphatic rings. The van der Waals surface area contributed by atoms with Crippen molar-refractivity contribution in [2.75, 3.05) is 0 Å². The number of para-hydroxylation sites is 1. The zero-order valence-electron chi connectivity index (χ0n) is 9.59. The molecule has 2 heteroatoms. The molecule has 0 amide bonds. The van der Waals surface area contributed by atoms with Gasteiger partial charge < -0.3 is 4.57 Å². The van der Waals surface area contributed by atoms with E-state index in [9.17, 15) is 0 Å². The van der Waals surface area contributed by atoms with Gasteiger partial charge in [0, 0.05) is 23.5 Å². The van der Waals surface area contributed by atoms with Crippen LogP contribution in [0.3, 0.4) is 0 Å². The lowest BCUT2D eigenvalue weighted by Gasteiger charge is -2.01. The average Bonchev–Trinajstić information content (AvgIpc) is 2.64. The van der Waals surface area contributed by atoms with Crippen molar-refractivity contribution in [1.29, 1.82) is 0 Å². The van der Waals surface area contributed by atoms with E-state index in [2.05, 4.69) is 72.8 Å². The summed E-state index contributed by atoms with van der Waals surface area (Å²) >= 11 is 4.64. The number of aromatic nitrogens is 1. The SMILES string of the molecule is Cn1c(S)c(-c2ccccc2)c2ccccc21. The van der Waals surface area contributed by atoms with Gasteiger partial charge in [-0.15, -0.1) is 12.6 Å². The zero-order valence-corrected chi connectivity index (χ0v) is 10.5. The summed E-state index contributed by atoms with van der Waals surface area (Å²) < 4.78 is 2.13. The molecule has 1 aromatic heterocycles. The van der Waals surface area contributed by atoms with E-state index < -0.39 is 0 Å². The Morgan fingerprint density at radius 3 is 2.29 bits per heavy atom. The van der Waals surface area contributed by atoms with Gasteiger partial charge >= 0.3 is 0 Å². The molecule has 0 fully saturated rings. The second-order valence-electron chi connectivity index (χ2n) is 4.14. The maximum atomic E-state index is 4.64. The third-order valence-corrected chi connectivity index (χ3v) is 3.66. The van der Waals surface area contributed by atoms with Gasteiger partial charge in [0.2, 0.25) is 0 Å². The largest absolute Gasteiger partial charge is 0.339 e. The van der Waals surface area contributed by atoms with Gasteiger partial charge in [-0.05, 0) is 11.6 Å². The van der Waals surface area contributed by atoms with Crippen LogP contribution in [0.1, 0.15) is 0 Å². The van der Waals surface area contributed by atoms with E-state index in [1.165, 1.54) is 22.0 Å². The lowest BCUT2D eigenvalue weighted by molar-refractivity contribution is 0.868. The van der Waals surface area contributed by atoms with Crippen LogP contribution in [0.15, 0.2) is 59.6 Å². The fourth-order valence-electron chi connectivity index (χ4n) is 2.27. The van der Waals surface area contributed by atoms with Crippen LogP contribution in [0.25, 0.3) is 22.0 Å². The van der Waals surface area contributed by atoms with E-state index in [1.807, 2.05) is 6.07 Å². The maximum Gasteiger partial charge on any atom is 0.0805 e. The molecule has 3 rings (SSSR count). The Bertz CT molecular complexity index is 668. The molecule has 0 bridgehead atoms. The van der Waals surface area contributed by atoms with Crippen molar-refractivity contribution < 1.29 is 0 Å². The van der Waals surface area contributed by atoms with E-state index >= 15 is 0 Å². The minimum absolute atomic E-state index is 1.01. The molecule has 0 aliphatic heterocycles. The van der Waals surface area contributed by atoms with E-state index in [0.717, 1.165) is 5.03 Å². The summed E-state index contributed by atoms with van der Waals surface area (Å²) in [7, 11) is 2.05. The van der Waals surface area contributed by atoms with Gasteiger partial charge in [0.15, 0.2) is 0 Å². The highest BCUT2D eigenvalue weighted by Gasteiger charge is 2.12. The van der Waals surface area contributed by atoms with E-state index in [-0.39, 0.29) is 0 Å². The monoisotopic (exact) mass is 239 g/mol. The molecule has 0 aliphatic carbocycles. The van der Waals surface area contributed by atoms with Crippen molar-refractivity contribution in [2.45, 2.75) is 5.03 Å². The second kappa shape index (κ2) is 3.97. The first-order valence-electron chi connectivity index (χ1n) is 5.61. The summed E-state index contributed by atoms with van der Waals surface area (Å²) in [5.41, 5.74) is 3.65. The highest BCUT2D eigenvalue weighted by molar-refractivity contribution is 7.80. The van der Waals surface area contributed by atoms with Gasteiger partial charge in [-0.25, -0.2) is 0 Å². The standard InChI is InChI=1S/C15H13NS/c1-16-13-10-6-5-9-12(13)14(15(16)17)11-7-3-2-4-8-11/h2-10,17H,1H3. The van der Waals surface area contributed by atoms with Crippen molar-refractivity contribution in [1.82, 2.24) is 4.57 Å². The summed E-state index contributed by atoms with van der Waals surface area (Å²) in [5, 5.41) is 2.27. The first-order chi connectivity index (χ1) is 8.29. The summed E-state index contributed by atoms with van der Waals surface area (Å²) in [5.74, 6) is 0. The van der Waals surface area contributed by atoms with Crippen LogP contribution in [0.5, 0.6) is 0 Å². The molecular formula is C15H13NS. The summed E-state index contributed by atoms with van der Waals surface area (Å²) in [6.45, 7) is 0. The molecule has 0 atom stereocenters. The number of fused-ring (bicyclic) bond motifs is 1. The molecule has 0 N–H and O–H groups in total. The van der Waals surface area contributed by atoms with E-state index in [4.69, 9.17) is 0 Å². The van der Waals surface area contributed by atoms with Crippen LogP contribution in [0.4, 0.5) is 0 Å². The van der Waals surface area contributed by atoms with Crippen molar-refractivity contribution in [2.24, 2.45) is 7.05 Å². The lowest BCUT2D eigenvalue weighted by atomic mass is 10.1. The van der Waals surface area contributed by atoms with Crippen molar-refractivity contribution in [3.63, 3.8) is 0 Å². The van der Waals surface area contributed by atoms with Gasteiger partial charge in [-0.1, -0.05) is 48.5 Å². The minimum atomic E-state index is 1.01. The van der Waals surface area contributed by atoms with Gasteiger partial charge in [0.1, 0.15) is 0 Å². The van der Waals surface area contributed by atoms with Gasteiger partial charge in [-0.2, -0.15) is 0 Å². The van der Waals surface area contributed by atoms with E-state index in [0.29, 0.717) is 0 Å². The molecule has 0 saturated heterocycles. The quantitative estimate of drug-likeness (QED) is 0.609. The molecular weight excluding hydrogens is 226 g/mol. The average molecular weight is 239 g/mol. The molecule has 0 unspecified atom stereocenters. The lowest BCUT2D eigenvalue weighted by Crippen LogP contribution is -1.86.